The van der Waals surface area contributed by atoms with Crippen LogP contribution in [0.25, 0.3) is 22.6 Å². The van der Waals surface area contributed by atoms with E-state index in [0.717, 1.165) is 24.1 Å². The van der Waals surface area contributed by atoms with Crippen LogP contribution in [0.4, 0.5) is 20.7 Å². The second-order valence-corrected chi connectivity index (χ2v) is 9.17. The molecule has 35 heavy (non-hydrogen) atoms. The van der Waals surface area contributed by atoms with Gasteiger partial charge in [-0.25, -0.2) is 24.1 Å². The molecule has 3 amide bonds. The van der Waals surface area contributed by atoms with Crippen LogP contribution >= 0.6 is 0 Å². The van der Waals surface area contributed by atoms with Crippen LogP contribution in [0.1, 0.15) is 38.8 Å². The minimum absolute atomic E-state index is 0.0206. The Morgan fingerprint density at radius 1 is 1.09 bits per heavy atom. The van der Waals surface area contributed by atoms with E-state index in [0.29, 0.717) is 28.6 Å². The van der Waals surface area contributed by atoms with E-state index in [4.69, 9.17) is 0 Å². The van der Waals surface area contributed by atoms with Crippen LogP contribution < -0.4 is 16.0 Å². The highest BCUT2D eigenvalue weighted by Crippen LogP contribution is 2.30. The first-order valence-electron chi connectivity index (χ1n) is 11.5. The second-order valence-electron chi connectivity index (χ2n) is 9.17. The van der Waals surface area contributed by atoms with Gasteiger partial charge < -0.3 is 16.0 Å². The summed E-state index contributed by atoms with van der Waals surface area (Å²) in [6.45, 7) is 5.00. The van der Waals surface area contributed by atoms with E-state index in [1.807, 2.05) is 6.92 Å². The van der Waals surface area contributed by atoms with E-state index in [-0.39, 0.29) is 24.8 Å². The van der Waals surface area contributed by atoms with Gasteiger partial charge in [0.15, 0.2) is 5.82 Å². The molecule has 0 aromatic carbocycles. The van der Waals surface area contributed by atoms with Crippen molar-refractivity contribution in [1.82, 2.24) is 25.3 Å². The smallest absolute Gasteiger partial charge is 0.319 e. The van der Waals surface area contributed by atoms with E-state index in [9.17, 15) is 14.0 Å². The molecule has 0 aliphatic heterocycles. The Hall–Kier alpha value is -3.95. The van der Waals surface area contributed by atoms with E-state index in [2.05, 4.69) is 35.9 Å². The van der Waals surface area contributed by atoms with Crippen molar-refractivity contribution in [3.63, 3.8) is 0 Å². The number of anilines is 2. The van der Waals surface area contributed by atoms with E-state index < -0.39 is 11.7 Å². The number of alkyl halides is 1. The van der Waals surface area contributed by atoms with Gasteiger partial charge in [0, 0.05) is 41.7 Å². The normalized spacial score (nSPS) is 13.3. The fraction of sp³-hybridized carbons (Fsp3) is 0.360. The van der Waals surface area contributed by atoms with Crippen molar-refractivity contribution in [3.8, 4) is 22.6 Å². The summed E-state index contributed by atoms with van der Waals surface area (Å²) in [6.07, 6.45) is 6.84. The number of rotatable bonds is 8. The topological polar surface area (TPSA) is 122 Å². The van der Waals surface area contributed by atoms with Crippen LogP contribution in [0.5, 0.6) is 0 Å². The molecule has 3 aromatic rings. The summed E-state index contributed by atoms with van der Waals surface area (Å²) in [7, 11) is 0. The second kappa shape index (κ2) is 10.1. The molecule has 0 radical (unpaired) electrons. The summed E-state index contributed by atoms with van der Waals surface area (Å²) in [4.78, 5) is 41.9. The number of nitrogens with one attached hydrogen (secondary N) is 3. The largest absolute Gasteiger partial charge is 0.338 e. The van der Waals surface area contributed by atoms with Crippen LogP contribution in [-0.4, -0.2) is 44.1 Å². The number of aryl methyl sites for hydroxylation is 1. The summed E-state index contributed by atoms with van der Waals surface area (Å²) < 4.78 is 13.6. The fourth-order valence-corrected chi connectivity index (χ4v) is 3.37. The third-order valence-electron chi connectivity index (χ3n) is 5.50. The zero-order valence-corrected chi connectivity index (χ0v) is 19.9. The summed E-state index contributed by atoms with van der Waals surface area (Å²) in [5, 5.41) is 8.20. The lowest BCUT2D eigenvalue weighted by molar-refractivity contribution is -0.117. The van der Waals surface area contributed by atoms with Crippen molar-refractivity contribution < 1.29 is 14.0 Å². The predicted octanol–water partition coefficient (Wildman–Crippen LogP) is 4.52. The molecule has 1 aliphatic carbocycles. The van der Waals surface area contributed by atoms with Gasteiger partial charge in [-0.3, -0.25) is 9.78 Å². The maximum Gasteiger partial charge on any atom is 0.319 e. The monoisotopic (exact) mass is 477 g/mol. The highest BCUT2D eigenvalue weighted by atomic mass is 19.1. The maximum atomic E-state index is 13.6. The van der Waals surface area contributed by atoms with Crippen LogP contribution in [-0.2, 0) is 4.79 Å². The number of halogens is 1. The molecule has 0 bridgehead atoms. The number of carbonyl (C=O) groups is 2. The molecule has 4 rings (SSSR count). The molecule has 1 saturated carbocycles. The minimum Gasteiger partial charge on any atom is -0.338 e. The average molecular weight is 478 g/mol. The highest BCUT2D eigenvalue weighted by Gasteiger charge is 2.29. The Balaban J connectivity index is 1.50. The zero-order chi connectivity index (χ0) is 25.0. The first kappa shape index (κ1) is 24.2. The van der Waals surface area contributed by atoms with Gasteiger partial charge in [-0.1, -0.05) is 0 Å². The van der Waals surface area contributed by atoms with Crippen molar-refractivity contribution in [1.29, 1.82) is 0 Å². The summed E-state index contributed by atoms with van der Waals surface area (Å²) in [6, 6.07) is 6.62. The average Bonchev–Trinajstić information content (AvgIpc) is 3.65. The Morgan fingerprint density at radius 2 is 1.86 bits per heavy atom. The third kappa shape index (κ3) is 6.78. The molecule has 0 saturated heterocycles. The lowest BCUT2D eigenvalue weighted by atomic mass is 10.1. The Labute approximate surface area is 203 Å². The molecule has 10 heteroatoms. The fourth-order valence-electron chi connectivity index (χ4n) is 3.37. The molecule has 3 heterocycles. The summed E-state index contributed by atoms with van der Waals surface area (Å²) in [5.74, 6) is 0.984. The van der Waals surface area contributed by atoms with E-state index >= 15 is 0 Å². The van der Waals surface area contributed by atoms with Crippen LogP contribution in [0.3, 0.4) is 0 Å². The SMILES string of the molecule is Cc1ncc(NC(=O)NCCC(C)(C)F)cc1-c1ccnc(-c2ccnc(NC(=O)C3CC3)c2)n1. The zero-order valence-electron chi connectivity index (χ0n) is 19.9. The molecule has 1 fully saturated rings. The van der Waals surface area contributed by atoms with Crippen LogP contribution in [0.2, 0.25) is 0 Å². The minimum atomic E-state index is -1.35. The molecular weight excluding hydrogens is 449 g/mol. The first-order chi connectivity index (χ1) is 16.7. The van der Waals surface area contributed by atoms with Crippen LogP contribution in [0, 0.1) is 12.8 Å². The number of hydrogen-bond donors (Lipinski definition) is 3. The van der Waals surface area contributed by atoms with Gasteiger partial charge in [-0.15, -0.1) is 0 Å². The van der Waals surface area contributed by atoms with E-state index in [1.165, 1.54) is 13.8 Å². The lowest BCUT2D eigenvalue weighted by Crippen LogP contribution is -2.32. The van der Waals surface area contributed by atoms with Gasteiger partial charge in [0.2, 0.25) is 5.91 Å². The molecule has 0 spiro atoms. The molecule has 3 N–H and O–H groups in total. The number of hydrogen-bond acceptors (Lipinski definition) is 6. The van der Waals surface area contributed by atoms with Crippen molar-refractivity contribution in [2.45, 2.75) is 45.7 Å². The molecule has 3 aromatic heterocycles. The van der Waals surface area contributed by atoms with Gasteiger partial charge in [-0.05, 0) is 64.3 Å². The molecule has 1 aliphatic rings. The van der Waals surface area contributed by atoms with Gasteiger partial charge in [-0.2, -0.15) is 0 Å². The van der Waals surface area contributed by atoms with Gasteiger partial charge in [0.1, 0.15) is 11.5 Å². The number of urea groups is 1. The Morgan fingerprint density at radius 3 is 2.60 bits per heavy atom. The lowest BCUT2D eigenvalue weighted by Gasteiger charge is -2.15. The predicted molar refractivity (Wildman–Crippen MR) is 131 cm³/mol. The van der Waals surface area contributed by atoms with Crippen molar-refractivity contribution in [3.05, 3.63) is 48.5 Å². The molecule has 9 nitrogen and oxygen atoms in total. The van der Waals surface area contributed by atoms with Crippen LogP contribution in [0.15, 0.2) is 42.9 Å². The molecule has 0 atom stereocenters. The number of carbonyl (C=O) groups excluding carboxylic acids is 2. The maximum absolute atomic E-state index is 13.6. The summed E-state index contributed by atoms with van der Waals surface area (Å²) >= 11 is 0. The quantitative estimate of drug-likeness (QED) is 0.439. The number of aromatic nitrogens is 4. The van der Waals surface area contributed by atoms with Gasteiger partial charge in [0.25, 0.3) is 0 Å². The first-order valence-corrected chi connectivity index (χ1v) is 11.5. The van der Waals surface area contributed by atoms with E-state index in [1.54, 1.807) is 42.9 Å². The molecular formula is C25H28FN7O2. The number of pyridine rings is 2. The van der Waals surface area contributed by atoms with Crippen molar-refractivity contribution >= 4 is 23.4 Å². The Kier molecular flexibility index (Phi) is 6.99. The van der Waals surface area contributed by atoms with Gasteiger partial charge in [0.05, 0.1) is 17.6 Å². The van der Waals surface area contributed by atoms with Crippen molar-refractivity contribution in [2.24, 2.45) is 5.92 Å². The Bertz CT molecular complexity index is 1240. The standard InChI is InChI=1S/C25H28FN7O2/c1-15-19(13-18(14-30-15)31-24(35)29-11-8-25(2,3)26)20-7-10-28-22(32-20)17-6-9-27-21(12-17)33-23(34)16-4-5-16/h6-7,9-10,12-14,16H,4-5,8,11H2,1-3H3,(H,27,33,34)(H2,29,31,35). The number of amides is 3. The highest BCUT2D eigenvalue weighted by molar-refractivity contribution is 5.93. The van der Waals surface area contributed by atoms with Gasteiger partial charge >= 0.3 is 6.03 Å². The third-order valence-corrected chi connectivity index (χ3v) is 5.50. The number of nitrogens with zero attached hydrogens (tertiary/aromatic N) is 4. The summed E-state index contributed by atoms with van der Waals surface area (Å²) in [5.41, 5.74) is 1.93. The molecule has 0 unspecified atom stereocenters. The molecule has 182 valence electrons. The van der Waals surface area contributed by atoms with Crippen molar-refractivity contribution in [2.75, 3.05) is 17.2 Å².